The molecule has 19 heavy (non-hydrogen) atoms. The second kappa shape index (κ2) is 6.82. The molecule has 2 amide bonds. The summed E-state index contributed by atoms with van der Waals surface area (Å²) >= 11 is 0. The van der Waals surface area contributed by atoms with Gasteiger partial charge >= 0.3 is 0 Å². The number of nitrogen functional groups attached to an aromatic ring is 1. The molecule has 1 aromatic rings. The maximum absolute atomic E-state index is 12.1. The number of nitrogens with two attached hydrogens (primary N) is 1. The molecule has 1 rings (SSSR count). The smallest absolute Gasteiger partial charge is 0.268 e. The van der Waals surface area contributed by atoms with Crippen molar-refractivity contribution in [1.82, 2.24) is 15.2 Å². The lowest BCUT2D eigenvalue weighted by Crippen LogP contribution is -2.45. The molecule has 1 unspecified atom stereocenters. The third-order valence-electron chi connectivity index (χ3n) is 2.71. The van der Waals surface area contributed by atoms with Crippen molar-refractivity contribution in [3.05, 3.63) is 18.0 Å². The number of anilines is 1. The Morgan fingerprint density at radius 2 is 2.11 bits per heavy atom. The number of hydrogen-bond donors (Lipinski definition) is 3. The number of aromatic nitrogens is 1. The number of hydrogen-bond acceptors (Lipinski definition) is 3. The first-order valence-corrected chi connectivity index (χ1v) is 6.53. The van der Waals surface area contributed by atoms with Crippen LogP contribution >= 0.6 is 0 Å². The molecule has 0 aromatic carbocycles. The first-order chi connectivity index (χ1) is 8.99. The van der Waals surface area contributed by atoms with Crippen LogP contribution in [0.2, 0.25) is 0 Å². The van der Waals surface area contributed by atoms with E-state index < -0.39 is 6.04 Å². The van der Waals surface area contributed by atoms with Crippen molar-refractivity contribution in [1.29, 1.82) is 0 Å². The van der Waals surface area contributed by atoms with E-state index in [4.69, 9.17) is 5.73 Å². The summed E-state index contributed by atoms with van der Waals surface area (Å²) in [4.78, 5) is 23.7. The van der Waals surface area contributed by atoms with E-state index in [0.717, 1.165) is 13.0 Å². The average molecular weight is 266 g/mol. The normalized spacial score (nSPS) is 11.9. The first kappa shape index (κ1) is 15.1. The molecule has 0 saturated heterocycles. The molecule has 0 bridgehead atoms. The van der Waals surface area contributed by atoms with E-state index in [2.05, 4.69) is 10.6 Å². The van der Waals surface area contributed by atoms with Crippen molar-refractivity contribution < 1.29 is 9.59 Å². The number of nitrogens with one attached hydrogen (secondary N) is 2. The quantitative estimate of drug-likeness (QED) is 0.709. The van der Waals surface area contributed by atoms with E-state index in [-0.39, 0.29) is 11.8 Å². The number of carbonyl (C=O) groups is 2. The molecule has 1 heterocycles. The molecule has 106 valence electrons. The van der Waals surface area contributed by atoms with E-state index in [1.54, 1.807) is 23.8 Å². The van der Waals surface area contributed by atoms with Crippen molar-refractivity contribution in [2.75, 3.05) is 12.3 Å². The molecule has 4 N–H and O–H groups in total. The number of rotatable bonds is 6. The van der Waals surface area contributed by atoms with Gasteiger partial charge < -0.3 is 20.9 Å². The lowest BCUT2D eigenvalue weighted by Gasteiger charge is -2.14. The Morgan fingerprint density at radius 1 is 1.42 bits per heavy atom. The van der Waals surface area contributed by atoms with E-state index in [1.165, 1.54) is 0 Å². The Morgan fingerprint density at radius 3 is 2.68 bits per heavy atom. The Hall–Kier alpha value is -1.98. The molecule has 1 atom stereocenters. The molecule has 0 saturated carbocycles. The van der Waals surface area contributed by atoms with Gasteiger partial charge in [-0.1, -0.05) is 6.92 Å². The number of carbonyl (C=O) groups excluding carboxylic acids is 2. The van der Waals surface area contributed by atoms with Gasteiger partial charge in [-0.2, -0.15) is 0 Å². The van der Waals surface area contributed by atoms with Crippen molar-refractivity contribution >= 4 is 17.5 Å². The summed E-state index contributed by atoms with van der Waals surface area (Å²) in [6.45, 7) is 6.77. The lowest BCUT2D eigenvalue weighted by atomic mass is 10.3. The van der Waals surface area contributed by atoms with Crippen LogP contribution in [0.1, 0.15) is 37.7 Å². The summed E-state index contributed by atoms with van der Waals surface area (Å²) in [5.74, 6) is -0.485. The maximum Gasteiger partial charge on any atom is 0.268 e. The Kier molecular flexibility index (Phi) is 5.41. The summed E-state index contributed by atoms with van der Waals surface area (Å²) < 4.78 is 1.80. The SMILES string of the molecule is CCCn1cc(N)cc1C(=O)NC(C)C(=O)NCC. The fourth-order valence-electron chi connectivity index (χ4n) is 1.81. The predicted octanol–water partition coefficient (Wildman–Crippen LogP) is 0.735. The molecule has 6 heteroatoms. The van der Waals surface area contributed by atoms with Crippen LogP contribution < -0.4 is 16.4 Å². The zero-order valence-corrected chi connectivity index (χ0v) is 11.7. The lowest BCUT2D eigenvalue weighted by molar-refractivity contribution is -0.122. The Balaban J connectivity index is 2.75. The highest BCUT2D eigenvalue weighted by molar-refractivity contribution is 5.97. The van der Waals surface area contributed by atoms with Gasteiger partial charge in [-0.3, -0.25) is 9.59 Å². The molecule has 1 aromatic heterocycles. The number of nitrogens with zero attached hydrogens (tertiary/aromatic N) is 1. The van der Waals surface area contributed by atoms with Crippen LogP contribution in [0.4, 0.5) is 5.69 Å². The highest BCUT2D eigenvalue weighted by atomic mass is 16.2. The minimum absolute atomic E-state index is 0.197. The minimum Gasteiger partial charge on any atom is -0.397 e. The highest BCUT2D eigenvalue weighted by Crippen LogP contribution is 2.11. The number of aryl methyl sites for hydroxylation is 1. The van der Waals surface area contributed by atoms with Crippen LogP contribution in [0.15, 0.2) is 12.3 Å². The summed E-state index contributed by atoms with van der Waals surface area (Å²) in [7, 11) is 0. The molecular formula is C13H22N4O2. The van der Waals surface area contributed by atoms with Gasteiger partial charge in [0.05, 0.1) is 5.69 Å². The summed E-state index contributed by atoms with van der Waals surface area (Å²) in [6.07, 6.45) is 2.63. The molecule has 0 fully saturated rings. The molecule has 0 spiro atoms. The van der Waals surface area contributed by atoms with Crippen LogP contribution in [-0.4, -0.2) is 29.0 Å². The van der Waals surface area contributed by atoms with E-state index in [9.17, 15) is 9.59 Å². The first-order valence-electron chi connectivity index (χ1n) is 6.53. The summed E-state index contributed by atoms with van der Waals surface area (Å²) in [5, 5.41) is 5.33. The fraction of sp³-hybridized carbons (Fsp3) is 0.538. The van der Waals surface area contributed by atoms with E-state index >= 15 is 0 Å². The highest BCUT2D eigenvalue weighted by Gasteiger charge is 2.18. The maximum atomic E-state index is 12.1. The average Bonchev–Trinajstić information content (AvgIpc) is 2.71. The topological polar surface area (TPSA) is 89.2 Å². The molecule has 0 aliphatic carbocycles. The van der Waals surface area contributed by atoms with Gasteiger partial charge in [0.15, 0.2) is 0 Å². The second-order valence-corrected chi connectivity index (χ2v) is 4.44. The van der Waals surface area contributed by atoms with Gasteiger partial charge in [-0.05, 0) is 26.3 Å². The van der Waals surface area contributed by atoms with Crippen LogP contribution in [0.25, 0.3) is 0 Å². The molecular weight excluding hydrogens is 244 g/mol. The van der Waals surface area contributed by atoms with Gasteiger partial charge in [0.2, 0.25) is 5.91 Å². The Labute approximate surface area is 113 Å². The predicted molar refractivity (Wildman–Crippen MR) is 74.7 cm³/mol. The van der Waals surface area contributed by atoms with Crippen molar-refractivity contribution in [2.24, 2.45) is 0 Å². The molecule has 0 radical (unpaired) electrons. The van der Waals surface area contributed by atoms with Gasteiger partial charge in [-0.25, -0.2) is 0 Å². The van der Waals surface area contributed by atoms with Crippen LogP contribution in [0.5, 0.6) is 0 Å². The largest absolute Gasteiger partial charge is 0.397 e. The van der Waals surface area contributed by atoms with Crippen LogP contribution in [-0.2, 0) is 11.3 Å². The van der Waals surface area contributed by atoms with E-state index in [1.807, 2.05) is 13.8 Å². The van der Waals surface area contributed by atoms with Crippen LogP contribution in [0.3, 0.4) is 0 Å². The van der Waals surface area contributed by atoms with Crippen molar-refractivity contribution in [3.63, 3.8) is 0 Å². The third kappa shape index (κ3) is 4.01. The number of likely N-dealkylation sites (N-methyl/N-ethyl adjacent to an activating group) is 1. The van der Waals surface area contributed by atoms with Gasteiger partial charge in [-0.15, -0.1) is 0 Å². The second-order valence-electron chi connectivity index (χ2n) is 4.44. The molecule has 0 aliphatic heterocycles. The molecule has 0 aliphatic rings. The zero-order valence-electron chi connectivity index (χ0n) is 11.7. The fourth-order valence-corrected chi connectivity index (χ4v) is 1.81. The number of amides is 2. The third-order valence-corrected chi connectivity index (χ3v) is 2.71. The molecule has 6 nitrogen and oxygen atoms in total. The monoisotopic (exact) mass is 266 g/mol. The van der Waals surface area contributed by atoms with Gasteiger partial charge in [0.25, 0.3) is 5.91 Å². The summed E-state index contributed by atoms with van der Waals surface area (Å²) in [5.41, 5.74) is 6.73. The van der Waals surface area contributed by atoms with E-state index in [0.29, 0.717) is 17.9 Å². The van der Waals surface area contributed by atoms with Crippen molar-refractivity contribution in [2.45, 2.75) is 39.8 Å². The van der Waals surface area contributed by atoms with Crippen molar-refractivity contribution in [3.8, 4) is 0 Å². The standard InChI is InChI=1S/C13H22N4O2/c1-4-6-17-8-10(14)7-11(17)13(19)16-9(3)12(18)15-5-2/h7-9H,4-6,14H2,1-3H3,(H,15,18)(H,16,19). The van der Waals surface area contributed by atoms with Crippen LogP contribution in [0, 0.1) is 0 Å². The minimum atomic E-state index is -0.571. The van der Waals surface area contributed by atoms with Gasteiger partial charge in [0.1, 0.15) is 11.7 Å². The zero-order chi connectivity index (χ0) is 14.4. The van der Waals surface area contributed by atoms with Gasteiger partial charge in [0, 0.05) is 19.3 Å². The summed E-state index contributed by atoms with van der Waals surface area (Å²) in [6, 6.07) is 1.05. The Bertz CT molecular complexity index is 453.